The molecule has 2 aliphatic rings. The minimum absolute atomic E-state index is 0.521. The van der Waals surface area contributed by atoms with Crippen molar-refractivity contribution in [2.24, 2.45) is 16.8 Å². The maximum absolute atomic E-state index is 4.35. The Kier molecular flexibility index (Phi) is 4.15. The lowest BCUT2D eigenvalue weighted by molar-refractivity contribution is 0.265. The van der Waals surface area contributed by atoms with E-state index in [0.29, 0.717) is 24.0 Å². The molecule has 2 fully saturated rings. The fourth-order valence-electron chi connectivity index (χ4n) is 2.66. The van der Waals surface area contributed by atoms with Gasteiger partial charge in [0.05, 0.1) is 0 Å². The van der Waals surface area contributed by atoms with Crippen LogP contribution in [0.25, 0.3) is 0 Å². The summed E-state index contributed by atoms with van der Waals surface area (Å²) < 4.78 is 0. The van der Waals surface area contributed by atoms with Crippen molar-refractivity contribution >= 4 is 5.96 Å². The van der Waals surface area contributed by atoms with Gasteiger partial charge in [0.25, 0.3) is 0 Å². The van der Waals surface area contributed by atoms with Crippen LogP contribution >= 0.6 is 0 Å². The van der Waals surface area contributed by atoms with Gasteiger partial charge in [-0.3, -0.25) is 9.89 Å². The average molecular weight is 252 g/mol. The first-order chi connectivity index (χ1) is 8.51. The summed E-state index contributed by atoms with van der Waals surface area (Å²) >= 11 is 0. The highest BCUT2D eigenvalue weighted by molar-refractivity contribution is 5.80. The van der Waals surface area contributed by atoms with E-state index in [1.165, 1.54) is 13.0 Å². The van der Waals surface area contributed by atoms with E-state index in [2.05, 4.69) is 48.2 Å². The second-order valence-corrected chi connectivity index (χ2v) is 6.31. The van der Waals surface area contributed by atoms with Crippen LogP contribution in [0.5, 0.6) is 0 Å². The Balaban J connectivity index is 1.84. The van der Waals surface area contributed by atoms with Crippen molar-refractivity contribution in [2.75, 3.05) is 20.1 Å². The number of nitrogens with zero attached hydrogens (tertiary/aromatic N) is 2. The summed E-state index contributed by atoms with van der Waals surface area (Å²) in [5, 5.41) is 7.09. The van der Waals surface area contributed by atoms with Gasteiger partial charge in [0, 0.05) is 38.3 Å². The zero-order valence-electron chi connectivity index (χ0n) is 12.4. The molecule has 1 saturated carbocycles. The second kappa shape index (κ2) is 5.47. The minimum atomic E-state index is 0.521. The van der Waals surface area contributed by atoms with Gasteiger partial charge in [-0.05, 0) is 32.1 Å². The molecular formula is C14H28N4. The largest absolute Gasteiger partial charge is 0.353 e. The molecule has 0 aromatic heterocycles. The fraction of sp³-hybridized carbons (Fsp3) is 0.929. The number of aliphatic imine (C=N–C) groups is 1. The quantitative estimate of drug-likeness (QED) is 0.587. The van der Waals surface area contributed by atoms with Crippen LogP contribution in [0.1, 0.15) is 34.1 Å². The van der Waals surface area contributed by atoms with E-state index in [0.717, 1.165) is 18.4 Å². The topological polar surface area (TPSA) is 39.7 Å². The van der Waals surface area contributed by atoms with Gasteiger partial charge in [-0.15, -0.1) is 0 Å². The molecule has 104 valence electrons. The number of rotatable bonds is 3. The van der Waals surface area contributed by atoms with E-state index < -0.39 is 0 Å². The molecule has 4 atom stereocenters. The van der Waals surface area contributed by atoms with Crippen molar-refractivity contribution in [3.05, 3.63) is 0 Å². The minimum Gasteiger partial charge on any atom is -0.353 e. The number of nitrogens with one attached hydrogen (secondary N) is 2. The molecule has 1 aliphatic heterocycles. The number of hydrogen-bond acceptors (Lipinski definition) is 2. The Bertz CT molecular complexity index is 313. The monoisotopic (exact) mass is 252 g/mol. The van der Waals surface area contributed by atoms with Crippen molar-refractivity contribution in [1.29, 1.82) is 0 Å². The Labute approximate surface area is 111 Å². The van der Waals surface area contributed by atoms with Crippen LogP contribution in [0.2, 0.25) is 0 Å². The van der Waals surface area contributed by atoms with Crippen LogP contribution in [-0.4, -0.2) is 49.1 Å². The SMILES string of the molecule is CN=C(NC1CC1C)NC1CN(C(C)C)CC1C. The molecule has 2 N–H and O–H groups in total. The van der Waals surface area contributed by atoms with Crippen LogP contribution < -0.4 is 10.6 Å². The predicted molar refractivity (Wildman–Crippen MR) is 76.9 cm³/mol. The third-order valence-corrected chi connectivity index (χ3v) is 4.35. The maximum Gasteiger partial charge on any atom is 0.191 e. The lowest BCUT2D eigenvalue weighted by Crippen LogP contribution is -2.47. The first-order valence-electron chi connectivity index (χ1n) is 7.25. The van der Waals surface area contributed by atoms with Crippen LogP contribution in [0.15, 0.2) is 4.99 Å². The average Bonchev–Trinajstić information content (AvgIpc) is 2.87. The van der Waals surface area contributed by atoms with E-state index >= 15 is 0 Å². The summed E-state index contributed by atoms with van der Waals surface area (Å²) in [6, 6.07) is 1.79. The van der Waals surface area contributed by atoms with E-state index in [9.17, 15) is 0 Å². The number of likely N-dealkylation sites (tertiary alicyclic amines) is 1. The standard InChI is InChI=1S/C14H28N4/c1-9(2)18-7-11(4)13(8-18)17-14(15-5)16-12-6-10(12)3/h9-13H,6-8H2,1-5H3,(H2,15,16,17). The Morgan fingerprint density at radius 3 is 2.17 bits per heavy atom. The summed E-state index contributed by atoms with van der Waals surface area (Å²) in [5.74, 6) is 2.46. The molecule has 2 rings (SSSR count). The molecule has 0 aromatic rings. The molecule has 1 saturated heterocycles. The summed E-state index contributed by atoms with van der Waals surface area (Å²) in [5.41, 5.74) is 0. The number of guanidine groups is 1. The molecule has 0 amide bonds. The Hall–Kier alpha value is -0.770. The van der Waals surface area contributed by atoms with E-state index in [1.54, 1.807) is 0 Å². The van der Waals surface area contributed by atoms with Gasteiger partial charge < -0.3 is 10.6 Å². The highest BCUT2D eigenvalue weighted by Crippen LogP contribution is 2.28. The molecule has 0 bridgehead atoms. The smallest absolute Gasteiger partial charge is 0.191 e. The van der Waals surface area contributed by atoms with Gasteiger partial charge >= 0.3 is 0 Å². The molecule has 0 aromatic carbocycles. The first-order valence-corrected chi connectivity index (χ1v) is 7.25. The molecular weight excluding hydrogens is 224 g/mol. The summed E-state index contributed by atoms with van der Waals surface area (Å²) in [7, 11) is 1.86. The van der Waals surface area contributed by atoms with E-state index in [1.807, 2.05) is 7.05 Å². The number of hydrogen-bond donors (Lipinski definition) is 2. The van der Waals surface area contributed by atoms with Gasteiger partial charge in [0.2, 0.25) is 0 Å². The van der Waals surface area contributed by atoms with Crippen LogP contribution in [-0.2, 0) is 0 Å². The fourth-order valence-corrected chi connectivity index (χ4v) is 2.66. The molecule has 4 nitrogen and oxygen atoms in total. The van der Waals surface area contributed by atoms with Gasteiger partial charge in [0.1, 0.15) is 0 Å². The van der Waals surface area contributed by atoms with Crippen molar-refractivity contribution in [2.45, 2.75) is 52.2 Å². The lowest BCUT2D eigenvalue weighted by Gasteiger charge is -2.22. The van der Waals surface area contributed by atoms with Crippen molar-refractivity contribution < 1.29 is 0 Å². The second-order valence-electron chi connectivity index (χ2n) is 6.31. The summed E-state index contributed by atoms with van der Waals surface area (Å²) in [4.78, 5) is 6.88. The Morgan fingerprint density at radius 1 is 1.11 bits per heavy atom. The first kappa shape index (κ1) is 13.7. The van der Waals surface area contributed by atoms with Crippen molar-refractivity contribution in [3.8, 4) is 0 Å². The van der Waals surface area contributed by atoms with Crippen molar-refractivity contribution in [1.82, 2.24) is 15.5 Å². The van der Waals surface area contributed by atoms with Gasteiger partial charge in [-0.25, -0.2) is 0 Å². The molecule has 1 heterocycles. The van der Waals surface area contributed by atoms with Gasteiger partial charge in [-0.2, -0.15) is 0 Å². The molecule has 4 unspecified atom stereocenters. The van der Waals surface area contributed by atoms with Crippen LogP contribution in [0.4, 0.5) is 0 Å². The molecule has 18 heavy (non-hydrogen) atoms. The molecule has 0 radical (unpaired) electrons. The van der Waals surface area contributed by atoms with Crippen LogP contribution in [0.3, 0.4) is 0 Å². The van der Waals surface area contributed by atoms with Gasteiger partial charge in [0.15, 0.2) is 5.96 Å². The normalized spacial score (nSPS) is 37.1. The summed E-state index contributed by atoms with van der Waals surface area (Å²) in [6.07, 6.45) is 1.28. The zero-order valence-corrected chi connectivity index (χ0v) is 12.4. The van der Waals surface area contributed by atoms with E-state index in [4.69, 9.17) is 0 Å². The van der Waals surface area contributed by atoms with Crippen LogP contribution in [0, 0.1) is 11.8 Å². The molecule has 1 aliphatic carbocycles. The third kappa shape index (κ3) is 3.16. The van der Waals surface area contributed by atoms with Crippen molar-refractivity contribution in [3.63, 3.8) is 0 Å². The molecule has 0 spiro atoms. The zero-order chi connectivity index (χ0) is 13.3. The van der Waals surface area contributed by atoms with E-state index in [-0.39, 0.29) is 0 Å². The highest BCUT2D eigenvalue weighted by Gasteiger charge is 2.35. The third-order valence-electron chi connectivity index (χ3n) is 4.35. The predicted octanol–water partition coefficient (Wildman–Crippen LogP) is 1.29. The highest BCUT2D eigenvalue weighted by atomic mass is 15.3. The molecule has 4 heteroatoms. The maximum atomic E-state index is 4.35. The summed E-state index contributed by atoms with van der Waals surface area (Å²) in [6.45, 7) is 11.5. The Morgan fingerprint density at radius 2 is 1.72 bits per heavy atom. The lowest BCUT2D eigenvalue weighted by atomic mass is 10.1. The van der Waals surface area contributed by atoms with Gasteiger partial charge in [-0.1, -0.05) is 13.8 Å².